The van der Waals surface area contributed by atoms with Gasteiger partial charge in [-0.2, -0.15) is 0 Å². The van der Waals surface area contributed by atoms with Crippen molar-refractivity contribution in [1.82, 2.24) is 30.9 Å². The second kappa shape index (κ2) is 10.3. The molecule has 2 heterocycles. The van der Waals surface area contributed by atoms with Gasteiger partial charge in [-0.15, -0.1) is 10.2 Å². The summed E-state index contributed by atoms with van der Waals surface area (Å²) in [4.78, 5) is 12.7. The average Bonchev–Trinajstić information content (AvgIpc) is 3.35. The number of thioether (sulfide) groups is 1. The highest BCUT2D eigenvalue weighted by atomic mass is 32.2. The Kier molecular flexibility index (Phi) is 7.40. The number of amides is 1. The Labute approximate surface area is 206 Å². The van der Waals surface area contributed by atoms with Gasteiger partial charge in [0, 0.05) is 17.6 Å². The normalized spacial score (nSPS) is 20.4. The highest BCUT2D eigenvalue weighted by molar-refractivity contribution is 7.99. The monoisotopic (exact) mass is 478 g/mol. The lowest BCUT2D eigenvalue weighted by molar-refractivity contribution is -0.119. The fourth-order valence-corrected chi connectivity index (χ4v) is 4.87. The Morgan fingerprint density at radius 1 is 1.00 bits per heavy atom. The van der Waals surface area contributed by atoms with Crippen LogP contribution in [0.3, 0.4) is 0 Å². The maximum absolute atomic E-state index is 12.7. The Hall–Kier alpha value is -2.68. The molecule has 0 bridgehead atoms. The molecule has 1 aliphatic heterocycles. The zero-order valence-electron chi connectivity index (χ0n) is 20.5. The molecule has 4 rings (SSSR count). The van der Waals surface area contributed by atoms with E-state index in [2.05, 4.69) is 102 Å². The fourth-order valence-electron chi connectivity index (χ4n) is 4.12. The van der Waals surface area contributed by atoms with Gasteiger partial charge in [-0.1, -0.05) is 87.1 Å². The van der Waals surface area contributed by atoms with Crippen molar-refractivity contribution >= 4 is 17.7 Å². The molecule has 0 radical (unpaired) electrons. The first kappa shape index (κ1) is 24.4. The standard InChI is InChI=1S/C26H34N6OS/c1-17-23(18(2)29-28-17)27-22(33)16-34-25-31-30-24(32(25)15-19-9-7-6-8-10-19)20-11-13-21(14-12-20)26(3,4)5/h6-14,17-18,23,28-29H,15-16H2,1-5H3,(H,27,33). The summed E-state index contributed by atoms with van der Waals surface area (Å²) in [6.45, 7) is 11.4. The van der Waals surface area contributed by atoms with Crippen molar-refractivity contribution in [2.24, 2.45) is 0 Å². The number of hydrogen-bond donors (Lipinski definition) is 3. The van der Waals surface area contributed by atoms with Gasteiger partial charge in [0.25, 0.3) is 0 Å². The number of nitrogens with one attached hydrogen (secondary N) is 3. The van der Waals surface area contributed by atoms with Crippen LogP contribution in [0.1, 0.15) is 45.7 Å². The van der Waals surface area contributed by atoms with E-state index in [1.807, 2.05) is 18.2 Å². The molecule has 1 fully saturated rings. The van der Waals surface area contributed by atoms with Crippen LogP contribution < -0.4 is 16.2 Å². The Morgan fingerprint density at radius 3 is 2.26 bits per heavy atom. The molecule has 8 heteroatoms. The molecule has 2 atom stereocenters. The minimum atomic E-state index is -0.00968. The summed E-state index contributed by atoms with van der Waals surface area (Å²) in [6, 6.07) is 19.2. The third-order valence-corrected chi connectivity index (χ3v) is 7.15. The van der Waals surface area contributed by atoms with Gasteiger partial charge in [0.2, 0.25) is 5.91 Å². The smallest absolute Gasteiger partial charge is 0.230 e. The van der Waals surface area contributed by atoms with E-state index in [1.165, 1.54) is 17.3 Å². The number of carbonyl (C=O) groups excluding carboxylic acids is 1. The van der Waals surface area contributed by atoms with Crippen molar-refractivity contribution in [1.29, 1.82) is 0 Å². The van der Waals surface area contributed by atoms with Crippen LogP contribution in [0.4, 0.5) is 0 Å². The molecular weight excluding hydrogens is 444 g/mol. The number of carbonyl (C=O) groups is 1. The zero-order valence-corrected chi connectivity index (χ0v) is 21.3. The predicted octanol–water partition coefficient (Wildman–Crippen LogP) is 3.75. The number of rotatable bonds is 7. The second-order valence-electron chi connectivity index (χ2n) is 9.95. The van der Waals surface area contributed by atoms with Gasteiger partial charge < -0.3 is 5.32 Å². The number of hydrogen-bond acceptors (Lipinski definition) is 6. The lowest BCUT2D eigenvalue weighted by Crippen LogP contribution is -2.47. The summed E-state index contributed by atoms with van der Waals surface area (Å²) in [7, 11) is 0. The van der Waals surface area contributed by atoms with Gasteiger partial charge in [-0.05, 0) is 30.4 Å². The van der Waals surface area contributed by atoms with Gasteiger partial charge >= 0.3 is 0 Å². The van der Waals surface area contributed by atoms with Crippen LogP contribution >= 0.6 is 11.8 Å². The molecule has 3 N–H and O–H groups in total. The Bertz CT molecular complexity index is 1100. The Balaban J connectivity index is 1.55. The van der Waals surface area contributed by atoms with E-state index in [9.17, 15) is 4.79 Å². The molecule has 0 spiro atoms. The van der Waals surface area contributed by atoms with Crippen LogP contribution in [0.25, 0.3) is 11.4 Å². The molecule has 2 unspecified atom stereocenters. The lowest BCUT2D eigenvalue weighted by Gasteiger charge is -2.19. The van der Waals surface area contributed by atoms with Gasteiger partial charge in [0.1, 0.15) is 0 Å². The molecule has 180 valence electrons. The van der Waals surface area contributed by atoms with Crippen LogP contribution in [0.5, 0.6) is 0 Å². The molecule has 1 saturated heterocycles. The first-order valence-electron chi connectivity index (χ1n) is 11.7. The first-order chi connectivity index (χ1) is 16.2. The van der Waals surface area contributed by atoms with Gasteiger partial charge in [-0.3, -0.25) is 20.2 Å². The van der Waals surface area contributed by atoms with E-state index in [-0.39, 0.29) is 35.2 Å². The first-order valence-corrected chi connectivity index (χ1v) is 12.7. The maximum atomic E-state index is 12.7. The highest BCUT2D eigenvalue weighted by Gasteiger charge is 2.31. The molecule has 1 amide bonds. The summed E-state index contributed by atoms with van der Waals surface area (Å²) < 4.78 is 2.10. The summed E-state index contributed by atoms with van der Waals surface area (Å²) in [5.41, 5.74) is 9.88. The molecule has 0 aliphatic carbocycles. The van der Waals surface area contributed by atoms with Crippen molar-refractivity contribution in [3.8, 4) is 11.4 Å². The van der Waals surface area contributed by atoms with Crippen LogP contribution in [0.2, 0.25) is 0 Å². The number of benzene rings is 2. The molecule has 34 heavy (non-hydrogen) atoms. The van der Waals surface area contributed by atoms with E-state index >= 15 is 0 Å². The van der Waals surface area contributed by atoms with E-state index in [1.54, 1.807) is 0 Å². The Morgan fingerprint density at radius 2 is 1.65 bits per heavy atom. The fraction of sp³-hybridized carbons (Fsp3) is 0.423. The van der Waals surface area contributed by atoms with E-state index in [0.29, 0.717) is 6.54 Å². The van der Waals surface area contributed by atoms with E-state index < -0.39 is 0 Å². The van der Waals surface area contributed by atoms with Crippen molar-refractivity contribution in [2.75, 3.05) is 5.75 Å². The quantitative estimate of drug-likeness (QED) is 0.449. The maximum Gasteiger partial charge on any atom is 0.230 e. The van der Waals surface area contributed by atoms with Crippen molar-refractivity contribution in [2.45, 2.75) is 69.9 Å². The van der Waals surface area contributed by atoms with Crippen molar-refractivity contribution in [3.63, 3.8) is 0 Å². The van der Waals surface area contributed by atoms with Crippen LogP contribution in [-0.2, 0) is 16.8 Å². The number of nitrogens with zero attached hydrogens (tertiary/aromatic N) is 3. The lowest BCUT2D eigenvalue weighted by atomic mass is 9.87. The number of hydrazine groups is 1. The SMILES string of the molecule is CC1NNC(C)C1NC(=O)CSc1nnc(-c2ccc(C(C)(C)C)cc2)n1Cc1ccccc1. The third kappa shape index (κ3) is 5.68. The summed E-state index contributed by atoms with van der Waals surface area (Å²) in [5, 5.41) is 12.9. The van der Waals surface area contributed by atoms with Crippen molar-refractivity contribution < 1.29 is 4.79 Å². The molecule has 0 saturated carbocycles. The minimum absolute atomic E-state index is 0.00968. The van der Waals surface area contributed by atoms with Gasteiger partial charge in [0.05, 0.1) is 18.3 Å². The average molecular weight is 479 g/mol. The summed E-state index contributed by atoms with van der Waals surface area (Å²) in [6.07, 6.45) is 0. The third-order valence-electron chi connectivity index (χ3n) is 6.19. The topological polar surface area (TPSA) is 83.9 Å². The van der Waals surface area contributed by atoms with Crippen LogP contribution in [0, 0.1) is 0 Å². The summed E-state index contributed by atoms with van der Waals surface area (Å²) in [5.74, 6) is 1.08. The second-order valence-corrected chi connectivity index (χ2v) is 10.9. The predicted molar refractivity (Wildman–Crippen MR) is 138 cm³/mol. The van der Waals surface area contributed by atoms with Crippen LogP contribution in [0.15, 0.2) is 59.8 Å². The molecule has 1 aromatic heterocycles. The van der Waals surface area contributed by atoms with E-state index in [0.717, 1.165) is 22.1 Å². The molecular formula is C26H34N6OS. The molecule has 3 aromatic rings. The van der Waals surface area contributed by atoms with Crippen molar-refractivity contribution in [3.05, 3.63) is 65.7 Å². The van der Waals surface area contributed by atoms with Gasteiger partial charge in [0.15, 0.2) is 11.0 Å². The van der Waals surface area contributed by atoms with E-state index in [4.69, 9.17) is 0 Å². The zero-order chi connectivity index (χ0) is 24.3. The molecule has 1 aliphatic rings. The minimum Gasteiger partial charge on any atom is -0.349 e. The van der Waals surface area contributed by atoms with Crippen LogP contribution in [-0.4, -0.2) is 44.6 Å². The largest absolute Gasteiger partial charge is 0.349 e. The molecule has 2 aromatic carbocycles. The van der Waals surface area contributed by atoms with Gasteiger partial charge in [-0.25, -0.2) is 0 Å². The number of aromatic nitrogens is 3. The summed E-state index contributed by atoms with van der Waals surface area (Å²) >= 11 is 1.42. The highest BCUT2D eigenvalue weighted by Crippen LogP contribution is 2.28. The molecule has 7 nitrogen and oxygen atoms in total.